The zero-order valence-corrected chi connectivity index (χ0v) is 13.6. The monoisotopic (exact) mass is 353 g/mol. The number of hydrogen-bond acceptors (Lipinski definition) is 6. The van der Waals surface area contributed by atoms with Crippen molar-refractivity contribution in [3.8, 4) is 0 Å². The van der Waals surface area contributed by atoms with E-state index in [1.807, 2.05) is 28.8 Å². The molecule has 8 heteroatoms. The second-order valence-electron chi connectivity index (χ2n) is 5.36. The van der Waals surface area contributed by atoms with Gasteiger partial charge < -0.3 is 9.14 Å². The van der Waals surface area contributed by atoms with Crippen molar-refractivity contribution in [2.45, 2.75) is 6.61 Å². The lowest BCUT2D eigenvalue weighted by molar-refractivity contribution is -0.384. The Bertz CT molecular complexity index is 1080. The third-order valence-corrected chi connectivity index (χ3v) is 4.77. The second-order valence-corrected chi connectivity index (χ2v) is 6.45. The van der Waals surface area contributed by atoms with Crippen molar-refractivity contribution in [3.63, 3.8) is 0 Å². The summed E-state index contributed by atoms with van der Waals surface area (Å²) in [6.07, 6.45) is 3.67. The van der Waals surface area contributed by atoms with Gasteiger partial charge >= 0.3 is 5.97 Å². The van der Waals surface area contributed by atoms with Crippen molar-refractivity contribution in [1.82, 2.24) is 9.38 Å². The van der Waals surface area contributed by atoms with E-state index in [2.05, 4.69) is 4.98 Å². The van der Waals surface area contributed by atoms with Gasteiger partial charge in [0.15, 0.2) is 0 Å². The molecular formula is C17H11N3O4S. The average Bonchev–Trinajstić information content (AvgIpc) is 3.22. The van der Waals surface area contributed by atoms with Crippen LogP contribution >= 0.6 is 11.3 Å². The molecule has 0 bridgehead atoms. The highest BCUT2D eigenvalue weighted by Gasteiger charge is 2.15. The molecule has 1 aromatic carbocycles. The maximum atomic E-state index is 12.2. The van der Waals surface area contributed by atoms with Crippen LogP contribution in [0.1, 0.15) is 15.4 Å². The summed E-state index contributed by atoms with van der Waals surface area (Å²) >= 11 is 1.24. The van der Waals surface area contributed by atoms with Gasteiger partial charge in [-0.25, -0.2) is 9.78 Å². The van der Waals surface area contributed by atoms with Crippen molar-refractivity contribution in [3.05, 3.63) is 75.5 Å². The molecule has 0 radical (unpaired) electrons. The third kappa shape index (κ3) is 2.94. The number of non-ortho nitro benzene ring substituents is 1. The molecule has 0 N–H and O–H groups in total. The van der Waals surface area contributed by atoms with Crippen molar-refractivity contribution in [2.75, 3.05) is 0 Å². The molecule has 0 amide bonds. The molecule has 4 aromatic rings. The molecule has 0 spiro atoms. The van der Waals surface area contributed by atoms with E-state index in [1.165, 1.54) is 23.5 Å². The molecule has 3 heterocycles. The summed E-state index contributed by atoms with van der Waals surface area (Å²) < 4.78 is 7.96. The number of ether oxygens (including phenoxy) is 1. The molecule has 4 rings (SSSR count). The maximum absolute atomic E-state index is 12.2. The summed E-state index contributed by atoms with van der Waals surface area (Å²) in [5.74, 6) is -0.471. The fourth-order valence-corrected chi connectivity index (χ4v) is 3.45. The Balaban J connectivity index is 1.52. The summed E-state index contributed by atoms with van der Waals surface area (Å²) in [6, 6.07) is 11.8. The van der Waals surface area contributed by atoms with E-state index in [0.717, 1.165) is 10.3 Å². The molecule has 0 aliphatic carbocycles. The molecule has 0 saturated heterocycles. The van der Waals surface area contributed by atoms with Gasteiger partial charge in [0.05, 0.1) is 10.6 Å². The van der Waals surface area contributed by atoms with Crippen LogP contribution in [0.15, 0.2) is 54.9 Å². The lowest BCUT2D eigenvalue weighted by Crippen LogP contribution is -2.03. The summed E-state index contributed by atoms with van der Waals surface area (Å²) in [5, 5.41) is 11.5. The first-order chi connectivity index (χ1) is 12.1. The number of fused-ring (bicyclic) bond motifs is 2. The lowest BCUT2D eigenvalue weighted by atomic mass is 10.2. The van der Waals surface area contributed by atoms with Crippen molar-refractivity contribution < 1.29 is 14.5 Å². The van der Waals surface area contributed by atoms with Crippen LogP contribution in [0.3, 0.4) is 0 Å². The molecule has 0 aliphatic rings. The van der Waals surface area contributed by atoms with Crippen LogP contribution in [0.4, 0.5) is 5.69 Å². The van der Waals surface area contributed by atoms with Gasteiger partial charge in [-0.3, -0.25) is 10.1 Å². The number of nitro groups is 1. The van der Waals surface area contributed by atoms with Crippen LogP contribution in [0.25, 0.3) is 15.7 Å². The zero-order chi connectivity index (χ0) is 17.4. The summed E-state index contributed by atoms with van der Waals surface area (Å²) in [5.41, 5.74) is 1.42. The Morgan fingerprint density at radius 3 is 2.96 bits per heavy atom. The van der Waals surface area contributed by atoms with Gasteiger partial charge in [0.25, 0.3) is 5.69 Å². The summed E-state index contributed by atoms with van der Waals surface area (Å²) in [6.45, 7) is 0.0644. The van der Waals surface area contributed by atoms with Crippen LogP contribution < -0.4 is 0 Å². The summed E-state index contributed by atoms with van der Waals surface area (Å²) in [4.78, 5) is 27.4. The number of carbonyl (C=O) groups excluding carboxylic acids is 1. The first-order valence-corrected chi connectivity index (χ1v) is 8.19. The van der Waals surface area contributed by atoms with Crippen LogP contribution in [-0.2, 0) is 11.3 Å². The Morgan fingerprint density at radius 1 is 1.28 bits per heavy atom. The highest BCUT2D eigenvalue weighted by Crippen LogP contribution is 2.29. The van der Waals surface area contributed by atoms with E-state index >= 15 is 0 Å². The van der Waals surface area contributed by atoms with E-state index < -0.39 is 10.9 Å². The smallest absolute Gasteiger partial charge is 0.348 e. The van der Waals surface area contributed by atoms with Gasteiger partial charge in [-0.05, 0) is 24.3 Å². The molecule has 0 fully saturated rings. The van der Waals surface area contributed by atoms with Gasteiger partial charge in [-0.2, -0.15) is 0 Å². The largest absolute Gasteiger partial charge is 0.455 e. The predicted molar refractivity (Wildman–Crippen MR) is 92.8 cm³/mol. The molecule has 0 saturated carbocycles. The number of thiophene rings is 1. The first kappa shape index (κ1) is 15.3. The molecule has 0 aliphatic heterocycles. The highest BCUT2D eigenvalue weighted by atomic mass is 32.1. The number of aromatic nitrogens is 2. The topological polar surface area (TPSA) is 86.7 Å². The Morgan fingerprint density at radius 2 is 2.16 bits per heavy atom. The van der Waals surface area contributed by atoms with E-state index in [1.54, 1.807) is 18.3 Å². The van der Waals surface area contributed by atoms with E-state index in [0.29, 0.717) is 16.0 Å². The second kappa shape index (κ2) is 5.99. The number of esters is 1. The molecule has 3 aromatic heterocycles. The number of imidazole rings is 1. The molecule has 0 atom stereocenters. The predicted octanol–water partition coefficient (Wildman–Crippen LogP) is 3.81. The van der Waals surface area contributed by atoms with Crippen molar-refractivity contribution >= 4 is 38.7 Å². The number of rotatable bonds is 4. The average molecular weight is 353 g/mol. The molecule has 25 heavy (non-hydrogen) atoms. The fourth-order valence-electron chi connectivity index (χ4n) is 2.51. The standard InChI is InChI=1S/C17H11N3O4S/c21-17(24-10-12-9-19-6-2-1-3-16(19)18-12)15-8-11-7-13(20(22)23)4-5-14(11)25-15/h1-9H,10H2. The van der Waals surface area contributed by atoms with Crippen LogP contribution in [0.2, 0.25) is 0 Å². The van der Waals surface area contributed by atoms with Gasteiger partial charge in [-0.15, -0.1) is 11.3 Å². The number of carbonyl (C=O) groups is 1. The van der Waals surface area contributed by atoms with Crippen molar-refractivity contribution in [2.24, 2.45) is 0 Å². The number of pyridine rings is 1. The number of hydrogen-bond donors (Lipinski definition) is 0. The minimum absolute atomic E-state index is 0.00471. The van der Waals surface area contributed by atoms with E-state index in [-0.39, 0.29) is 12.3 Å². The lowest BCUT2D eigenvalue weighted by Gasteiger charge is -1.99. The Kier molecular flexibility index (Phi) is 3.66. The normalized spacial score (nSPS) is 11.0. The number of nitrogens with zero attached hydrogens (tertiary/aromatic N) is 3. The van der Waals surface area contributed by atoms with E-state index in [9.17, 15) is 14.9 Å². The minimum Gasteiger partial charge on any atom is -0.455 e. The van der Waals surface area contributed by atoms with Crippen molar-refractivity contribution in [1.29, 1.82) is 0 Å². The van der Waals surface area contributed by atoms with Crippen LogP contribution in [0, 0.1) is 10.1 Å². The van der Waals surface area contributed by atoms with E-state index in [4.69, 9.17) is 4.74 Å². The summed E-state index contributed by atoms with van der Waals surface area (Å²) in [7, 11) is 0. The molecule has 7 nitrogen and oxygen atoms in total. The fraction of sp³-hybridized carbons (Fsp3) is 0.0588. The number of nitro benzene ring substituents is 1. The SMILES string of the molecule is O=C(OCc1cn2ccccc2n1)c1cc2cc([N+](=O)[O-])ccc2s1. The van der Waals surface area contributed by atoms with Gasteiger partial charge in [0.2, 0.25) is 0 Å². The van der Waals surface area contributed by atoms with Gasteiger partial charge in [0.1, 0.15) is 17.1 Å². The highest BCUT2D eigenvalue weighted by molar-refractivity contribution is 7.20. The van der Waals surface area contributed by atoms with Gasteiger partial charge in [-0.1, -0.05) is 6.07 Å². The quantitative estimate of drug-likeness (QED) is 0.316. The molecular weight excluding hydrogens is 342 g/mol. The molecule has 0 unspecified atom stereocenters. The molecule has 124 valence electrons. The maximum Gasteiger partial charge on any atom is 0.348 e. The Labute approximate surface area is 145 Å². The van der Waals surface area contributed by atoms with Crippen LogP contribution in [0.5, 0.6) is 0 Å². The first-order valence-electron chi connectivity index (χ1n) is 7.38. The number of benzene rings is 1. The van der Waals surface area contributed by atoms with Crippen LogP contribution in [-0.4, -0.2) is 20.3 Å². The third-order valence-electron chi connectivity index (χ3n) is 3.68. The Hall–Kier alpha value is -3.26. The van der Waals surface area contributed by atoms with Gasteiger partial charge in [0, 0.05) is 34.6 Å². The minimum atomic E-state index is -0.471. The zero-order valence-electron chi connectivity index (χ0n) is 12.8.